The number of hydrogen-bond donors (Lipinski definition) is 1. The van der Waals surface area contributed by atoms with Gasteiger partial charge in [-0.05, 0) is 49.5 Å². The van der Waals surface area contributed by atoms with E-state index in [9.17, 15) is 27.5 Å². The first-order chi connectivity index (χ1) is 16.5. The summed E-state index contributed by atoms with van der Waals surface area (Å²) in [7, 11) is 0. The molecule has 0 bridgehead atoms. The summed E-state index contributed by atoms with van der Waals surface area (Å²) in [6, 6.07) is 5.63. The maximum atomic E-state index is 13.9. The Morgan fingerprint density at radius 1 is 1.33 bits per heavy atom. The summed E-state index contributed by atoms with van der Waals surface area (Å²) < 4.78 is 55.3. The Morgan fingerprint density at radius 3 is 2.61 bits per heavy atom. The van der Waals surface area contributed by atoms with Gasteiger partial charge in [0.15, 0.2) is 5.69 Å². The number of benzene rings is 1. The molecule has 5 nitrogen and oxygen atoms in total. The number of aromatic nitrogens is 3. The van der Waals surface area contributed by atoms with Gasteiger partial charge >= 0.3 is 35.2 Å². The Bertz CT molecular complexity index is 1310. The molecule has 0 saturated heterocycles. The number of aryl methyl sites for hydroxylation is 1. The number of halogens is 4. The SMILES string of the molecule is Cc1nn(-c2nc(C3=CCC(C(F)(F)F)CC3)c(SC(C)C)s2)c(C(=O)O)c1-c1cccc(F)c1.[H-].[H-].[Mg+2]. The topological polar surface area (TPSA) is 68.0 Å². The van der Waals surface area contributed by atoms with Crippen molar-refractivity contribution in [1.82, 2.24) is 14.8 Å². The van der Waals surface area contributed by atoms with Gasteiger partial charge in [-0.2, -0.15) is 23.0 Å². The average Bonchev–Trinajstić information content (AvgIpc) is 3.33. The molecule has 12 heteroatoms. The van der Waals surface area contributed by atoms with Crippen molar-refractivity contribution in [3.05, 3.63) is 53.2 Å². The molecule has 1 atom stereocenters. The van der Waals surface area contributed by atoms with Gasteiger partial charge in [-0.25, -0.2) is 14.2 Å². The Balaban J connectivity index is 0.00000241. The molecule has 1 unspecified atom stereocenters. The predicted octanol–water partition coefficient (Wildman–Crippen LogP) is 7.23. The van der Waals surface area contributed by atoms with Gasteiger partial charge < -0.3 is 7.96 Å². The van der Waals surface area contributed by atoms with Gasteiger partial charge in [-0.1, -0.05) is 43.4 Å². The van der Waals surface area contributed by atoms with Crippen LogP contribution in [0.1, 0.15) is 57.8 Å². The number of carboxylic acids is 1. The molecular weight excluding hydrogens is 527 g/mol. The Hall–Kier alpha value is -1.89. The van der Waals surface area contributed by atoms with E-state index in [2.05, 4.69) is 10.1 Å². The van der Waals surface area contributed by atoms with Crippen LogP contribution in [-0.2, 0) is 0 Å². The molecular formula is C24H25F4MgN3O2S2. The number of carboxylic acid groups (broad SMARTS) is 1. The number of rotatable bonds is 6. The summed E-state index contributed by atoms with van der Waals surface area (Å²) in [5.41, 5.74) is 2.21. The second-order valence-corrected chi connectivity index (χ2v) is 11.4. The van der Waals surface area contributed by atoms with Crippen LogP contribution in [0.25, 0.3) is 21.8 Å². The molecule has 0 aliphatic heterocycles. The molecule has 0 amide bonds. The maximum Gasteiger partial charge on any atom is 2.00 e. The van der Waals surface area contributed by atoms with Crippen molar-refractivity contribution < 1.29 is 30.3 Å². The first-order valence-electron chi connectivity index (χ1n) is 11.0. The Morgan fingerprint density at radius 2 is 2.06 bits per heavy atom. The number of carbonyl (C=O) groups is 1. The third kappa shape index (κ3) is 5.98. The molecule has 2 aromatic heterocycles. The van der Waals surface area contributed by atoms with E-state index in [1.807, 2.05) is 13.8 Å². The molecule has 0 spiro atoms. The van der Waals surface area contributed by atoms with Gasteiger partial charge in [0.2, 0.25) is 5.13 Å². The molecule has 0 fully saturated rings. The van der Waals surface area contributed by atoms with Crippen molar-refractivity contribution in [2.45, 2.75) is 55.7 Å². The van der Waals surface area contributed by atoms with E-state index in [4.69, 9.17) is 0 Å². The molecule has 36 heavy (non-hydrogen) atoms. The maximum absolute atomic E-state index is 13.9. The van der Waals surface area contributed by atoms with Crippen molar-refractivity contribution in [3.8, 4) is 16.3 Å². The van der Waals surface area contributed by atoms with Crippen molar-refractivity contribution in [2.24, 2.45) is 5.92 Å². The van der Waals surface area contributed by atoms with Crippen molar-refractivity contribution in [2.75, 3.05) is 0 Å². The molecule has 1 aliphatic rings. The number of nitrogens with zero attached hydrogens (tertiary/aromatic N) is 3. The summed E-state index contributed by atoms with van der Waals surface area (Å²) in [6.07, 6.45) is -2.53. The first kappa shape index (κ1) is 28.7. The molecule has 0 saturated carbocycles. The van der Waals surface area contributed by atoms with Crippen LogP contribution in [-0.4, -0.2) is 60.3 Å². The predicted molar refractivity (Wildman–Crippen MR) is 137 cm³/mol. The zero-order valence-electron chi connectivity index (χ0n) is 21.9. The third-order valence-electron chi connectivity index (χ3n) is 5.66. The number of aromatic carboxylic acids is 1. The van der Waals surface area contributed by atoms with Gasteiger partial charge in [0.25, 0.3) is 0 Å². The second-order valence-electron chi connectivity index (χ2n) is 8.58. The van der Waals surface area contributed by atoms with Crippen LogP contribution >= 0.6 is 23.1 Å². The van der Waals surface area contributed by atoms with Crippen molar-refractivity contribution >= 4 is 57.7 Å². The molecule has 3 aromatic rings. The molecule has 190 valence electrons. The zero-order valence-corrected chi connectivity index (χ0v) is 22.9. The van der Waals surface area contributed by atoms with Gasteiger partial charge in [-0.3, -0.25) is 0 Å². The largest absolute Gasteiger partial charge is 2.00 e. The summed E-state index contributed by atoms with van der Waals surface area (Å²) in [5.74, 6) is -3.11. The standard InChI is InChI=1S/C24H23F4N3O2S2.Mg.2H/c1-12(2)34-22-19(14-7-9-16(10-8-14)24(26,27)28)29-23(35-22)31-20(21(32)33)18(13(3)30-31)15-5-4-6-17(25)11-15;;;/h4-7,11-12,16H,8-10H2,1-3H3,(H,32,33);;;/q;+2;2*-1. The number of allylic oxidation sites excluding steroid dienone is 2. The van der Waals surface area contributed by atoms with Crippen LogP contribution in [0, 0.1) is 18.7 Å². The number of thiazole rings is 1. The minimum absolute atomic E-state index is 0. The quantitative estimate of drug-likeness (QED) is 0.199. The molecule has 2 heterocycles. The molecule has 1 aromatic carbocycles. The van der Waals surface area contributed by atoms with E-state index in [0.717, 1.165) is 9.78 Å². The van der Waals surface area contributed by atoms with Crippen LogP contribution in [0.5, 0.6) is 0 Å². The minimum atomic E-state index is -4.24. The Kier molecular flexibility index (Phi) is 8.95. The molecule has 1 aliphatic carbocycles. The minimum Gasteiger partial charge on any atom is -1.00 e. The summed E-state index contributed by atoms with van der Waals surface area (Å²) in [4.78, 5) is 17.0. The van der Waals surface area contributed by atoms with Crippen LogP contribution in [0.3, 0.4) is 0 Å². The summed E-state index contributed by atoms with van der Waals surface area (Å²) in [5, 5.41) is 14.9. The summed E-state index contributed by atoms with van der Waals surface area (Å²) in [6.45, 7) is 5.62. The van der Waals surface area contributed by atoms with Gasteiger partial charge in [0, 0.05) is 10.8 Å². The fraction of sp³-hybridized carbons (Fsp3) is 0.375. The number of hydrogen-bond acceptors (Lipinski definition) is 5. The Labute approximate surface area is 233 Å². The molecule has 4 rings (SSSR count). The monoisotopic (exact) mass is 551 g/mol. The first-order valence-corrected chi connectivity index (χ1v) is 12.7. The number of thioether (sulfide) groups is 1. The van der Waals surface area contributed by atoms with E-state index < -0.39 is 23.9 Å². The zero-order chi connectivity index (χ0) is 25.5. The molecule has 0 radical (unpaired) electrons. The fourth-order valence-corrected chi connectivity index (χ4v) is 6.59. The van der Waals surface area contributed by atoms with Crippen molar-refractivity contribution in [1.29, 1.82) is 0 Å². The second kappa shape index (κ2) is 11.2. The van der Waals surface area contributed by atoms with Gasteiger partial charge in [0.05, 0.1) is 21.5 Å². The molecule has 1 N–H and O–H groups in total. The fourth-order valence-electron chi connectivity index (χ4n) is 4.08. The van der Waals surface area contributed by atoms with E-state index in [1.54, 1.807) is 19.1 Å². The van der Waals surface area contributed by atoms with Crippen LogP contribution in [0.2, 0.25) is 0 Å². The van der Waals surface area contributed by atoms with E-state index in [0.29, 0.717) is 22.1 Å². The van der Waals surface area contributed by atoms with E-state index >= 15 is 0 Å². The average molecular weight is 552 g/mol. The van der Waals surface area contributed by atoms with Gasteiger partial charge in [-0.15, -0.1) is 11.8 Å². The summed E-state index contributed by atoms with van der Waals surface area (Å²) >= 11 is 2.76. The van der Waals surface area contributed by atoms with Crippen LogP contribution in [0.4, 0.5) is 17.6 Å². The van der Waals surface area contributed by atoms with Crippen molar-refractivity contribution in [3.63, 3.8) is 0 Å². The van der Waals surface area contributed by atoms with Crippen LogP contribution in [0.15, 0.2) is 34.6 Å². The van der Waals surface area contributed by atoms with Gasteiger partial charge in [0.1, 0.15) is 5.82 Å². The smallest absolute Gasteiger partial charge is 1.00 e. The number of alkyl halides is 3. The van der Waals surface area contributed by atoms with E-state index in [-0.39, 0.29) is 61.7 Å². The van der Waals surface area contributed by atoms with Crippen LogP contribution < -0.4 is 0 Å². The third-order valence-corrected chi connectivity index (χ3v) is 7.91. The van der Waals surface area contributed by atoms with E-state index in [1.165, 1.54) is 46.0 Å². The normalized spacial score (nSPS) is 16.1.